The molecule has 2 N–H and O–H groups in total. The Hall–Kier alpha value is -1.77. The summed E-state index contributed by atoms with van der Waals surface area (Å²) < 4.78 is 6.12. The van der Waals surface area contributed by atoms with Gasteiger partial charge in [0.25, 0.3) is 0 Å². The van der Waals surface area contributed by atoms with Crippen molar-refractivity contribution in [1.82, 2.24) is 20.2 Å². The second-order valence-electron chi connectivity index (χ2n) is 8.50. The number of aromatic nitrogens is 2. The number of hydrogen-bond donors (Lipinski definition) is 2. The topological polar surface area (TPSA) is 90.8 Å². The fourth-order valence-corrected chi connectivity index (χ4v) is 4.24. The van der Waals surface area contributed by atoms with Crippen LogP contribution < -0.4 is 10.2 Å². The molecule has 1 spiro atoms. The molecule has 8 heteroatoms. The summed E-state index contributed by atoms with van der Waals surface area (Å²) in [5.41, 5.74) is -0.210. The van der Waals surface area contributed by atoms with Crippen LogP contribution >= 0.6 is 0 Å². The fourth-order valence-electron chi connectivity index (χ4n) is 4.24. The number of nitrogens with one attached hydrogen (secondary N) is 1. The Morgan fingerprint density at radius 1 is 1.32 bits per heavy atom. The van der Waals surface area contributed by atoms with E-state index in [9.17, 15) is 9.90 Å². The molecule has 3 rings (SSSR count). The molecule has 2 saturated heterocycles. The molecule has 0 aromatic carbocycles. The van der Waals surface area contributed by atoms with Gasteiger partial charge in [-0.05, 0) is 52.3 Å². The number of piperidine rings is 1. The van der Waals surface area contributed by atoms with Crippen LogP contribution in [0, 0.1) is 0 Å². The lowest BCUT2D eigenvalue weighted by molar-refractivity contribution is -0.198. The van der Waals surface area contributed by atoms with Gasteiger partial charge >= 0.3 is 0 Å². The standard InChI is InChI=1S/C20H33N5O3/c1-5-15-12-21-18(22-13-15)25-9-6-20(7-10-25)17(27)19(2,8-11-28-20)23-16(26)14-24(3)4/h12-13,17,27H,5-11,14H2,1-4H3,(H,23,26)/t17-,19+/m1/s1. The fraction of sp³-hybridized carbons (Fsp3) is 0.750. The first kappa shape index (κ1) is 21.0. The first-order valence-corrected chi connectivity index (χ1v) is 10.1. The minimum absolute atomic E-state index is 0.0783. The summed E-state index contributed by atoms with van der Waals surface area (Å²) >= 11 is 0. The number of ether oxygens (including phenoxy) is 1. The molecule has 2 fully saturated rings. The number of likely N-dealkylation sites (N-methyl/N-ethyl adjacent to an activating group) is 1. The van der Waals surface area contributed by atoms with Crippen molar-refractivity contribution >= 4 is 11.9 Å². The van der Waals surface area contributed by atoms with Crippen LogP contribution in [0.15, 0.2) is 12.4 Å². The molecule has 8 nitrogen and oxygen atoms in total. The highest BCUT2D eigenvalue weighted by Gasteiger charge is 2.53. The molecule has 0 radical (unpaired) electrons. The number of carbonyl (C=O) groups is 1. The highest BCUT2D eigenvalue weighted by molar-refractivity contribution is 5.79. The molecule has 3 heterocycles. The number of aliphatic hydroxyl groups is 1. The van der Waals surface area contributed by atoms with Gasteiger partial charge < -0.3 is 25.0 Å². The van der Waals surface area contributed by atoms with Gasteiger partial charge in [-0.25, -0.2) is 9.97 Å². The average Bonchev–Trinajstić information content (AvgIpc) is 2.66. The molecule has 1 aromatic rings. The molecule has 1 amide bonds. The molecule has 2 aliphatic rings. The van der Waals surface area contributed by atoms with Crippen LogP contribution in [0.25, 0.3) is 0 Å². The normalized spacial score (nSPS) is 27.2. The lowest BCUT2D eigenvalue weighted by Gasteiger charge is -2.53. The van der Waals surface area contributed by atoms with E-state index in [2.05, 4.69) is 27.1 Å². The third-order valence-corrected chi connectivity index (χ3v) is 5.99. The van der Waals surface area contributed by atoms with Gasteiger partial charge in [-0.3, -0.25) is 4.79 Å². The molecule has 0 unspecified atom stereocenters. The van der Waals surface area contributed by atoms with Crippen molar-refractivity contribution in [3.63, 3.8) is 0 Å². The molecule has 28 heavy (non-hydrogen) atoms. The number of anilines is 1. The van der Waals surface area contributed by atoms with Gasteiger partial charge in [0.05, 0.1) is 17.7 Å². The van der Waals surface area contributed by atoms with Crippen molar-refractivity contribution in [3.8, 4) is 0 Å². The number of nitrogens with zero attached hydrogens (tertiary/aromatic N) is 4. The molecule has 156 valence electrons. The number of aliphatic hydroxyl groups excluding tert-OH is 1. The number of aryl methyl sites for hydroxylation is 1. The number of hydrogen-bond acceptors (Lipinski definition) is 7. The summed E-state index contributed by atoms with van der Waals surface area (Å²) in [4.78, 5) is 25.2. The van der Waals surface area contributed by atoms with E-state index >= 15 is 0 Å². The van der Waals surface area contributed by atoms with Crippen LogP contribution in [0.5, 0.6) is 0 Å². The summed E-state index contributed by atoms with van der Waals surface area (Å²) in [5.74, 6) is 0.643. The van der Waals surface area contributed by atoms with Gasteiger partial charge in [-0.15, -0.1) is 0 Å². The van der Waals surface area contributed by atoms with Gasteiger partial charge in [-0.2, -0.15) is 0 Å². The van der Waals surface area contributed by atoms with E-state index in [-0.39, 0.29) is 5.91 Å². The van der Waals surface area contributed by atoms with Crippen LogP contribution in [0.4, 0.5) is 5.95 Å². The maximum absolute atomic E-state index is 12.3. The molecule has 2 aliphatic heterocycles. The van der Waals surface area contributed by atoms with E-state index in [1.165, 1.54) is 0 Å². The van der Waals surface area contributed by atoms with Gasteiger partial charge in [0.1, 0.15) is 6.10 Å². The Balaban J connectivity index is 1.66. The minimum Gasteiger partial charge on any atom is -0.388 e. The summed E-state index contributed by atoms with van der Waals surface area (Å²) in [6.45, 7) is 6.26. The van der Waals surface area contributed by atoms with E-state index in [4.69, 9.17) is 4.74 Å². The first-order chi connectivity index (χ1) is 13.3. The Morgan fingerprint density at radius 3 is 2.54 bits per heavy atom. The summed E-state index contributed by atoms with van der Waals surface area (Å²) in [6, 6.07) is 0. The van der Waals surface area contributed by atoms with Crippen LogP contribution in [0.1, 0.15) is 38.7 Å². The molecule has 1 aromatic heterocycles. The molecule has 2 atom stereocenters. The van der Waals surface area contributed by atoms with Crippen LogP contribution in [-0.4, -0.2) is 83.5 Å². The summed E-state index contributed by atoms with van der Waals surface area (Å²) in [5, 5.41) is 14.3. The van der Waals surface area contributed by atoms with Gasteiger partial charge in [0.15, 0.2) is 0 Å². The smallest absolute Gasteiger partial charge is 0.234 e. The van der Waals surface area contributed by atoms with Crippen molar-refractivity contribution in [2.75, 3.05) is 45.2 Å². The van der Waals surface area contributed by atoms with E-state index in [0.29, 0.717) is 45.5 Å². The van der Waals surface area contributed by atoms with Gasteiger partial charge in [0.2, 0.25) is 11.9 Å². The van der Waals surface area contributed by atoms with Crippen LogP contribution in [0.3, 0.4) is 0 Å². The van der Waals surface area contributed by atoms with Gasteiger partial charge in [0, 0.05) is 32.1 Å². The van der Waals surface area contributed by atoms with Crippen molar-refractivity contribution in [3.05, 3.63) is 18.0 Å². The maximum atomic E-state index is 12.3. The molecule has 0 bridgehead atoms. The first-order valence-electron chi connectivity index (χ1n) is 10.1. The largest absolute Gasteiger partial charge is 0.388 e. The summed E-state index contributed by atoms with van der Waals surface area (Å²) in [7, 11) is 3.71. The van der Waals surface area contributed by atoms with E-state index in [1.807, 2.05) is 38.3 Å². The predicted octanol–water partition coefficient (Wildman–Crippen LogP) is 0.596. The third-order valence-electron chi connectivity index (χ3n) is 5.99. The molecular weight excluding hydrogens is 358 g/mol. The monoisotopic (exact) mass is 391 g/mol. The third kappa shape index (κ3) is 4.29. The highest BCUT2D eigenvalue weighted by atomic mass is 16.5. The second kappa shape index (κ2) is 8.31. The van der Waals surface area contributed by atoms with E-state index < -0.39 is 17.2 Å². The molecular formula is C20H33N5O3. The highest BCUT2D eigenvalue weighted by Crippen LogP contribution is 2.40. The maximum Gasteiger partial charge on any atom is 0.234 e. The van der Waals surface area contributed by atoms with E-state index in [0.717, 1.165) is 17.9 Å². The Bertz CT molecular complexity index is 673. The predicted molar refractivity (Wildman–Crippen MR) is 107 cm³/mol. The summed E-state index contributed by atoms with van der Waals surface area (Å²) in [6.07, 6.45) is 5.84. The quantitative estimate of drug-likeness (QED) is 0.759. The van der Waals surface area contributed by atoms with E-state index in [1.54, 1.807) is 0 Å². The van der Waals surface area contributed by atoms with Crippen molar-refractivity contribution in [2.24, 2.45) is 0 Å². The Morgan fingerprint density at radius 2 is 1.96 bits per heavy atom. The van der Waals surface area contributed by atoms with Crippen molar-refractivity contribution in [2.45, 2.75) is 56.8 Å². The average molecular weight is 392 g/mol. The lowest BCUT2D eigenvalue weighted by atomic mass is 9.73. The molecule has 0 saturated carbocycles. The second-order valence-corrected chi connectivity index (χ2v) is 8.50. The Labute approximate surface area is 167 Å². The lowest BCUT2D eigenvalue weighted by Crippen LogP contribution is -2.69. The molecule has 0 aliphatic carbocycles. The van der Waals surface area contributed by atoms with Gasteiger partial charge in [-0.1, -0.05) is 6.92 Å². The number of carbonyl (C=O) groups excluding carboxylic acids is 1. The SMILES string of the molecule is CCc1cnc(N2CCC3(CC2)OCC[C@](C)(NC(=O)CN(C)C)[C@H]3O)nc1. The van der Waals surface area contributed by atoms with Crippen molar-refractivity contribution in [1.29, 1.82) is 0 Å². The zero-order valence-electron chi connectivity index (χ0n) is 17.4. The number of rotatable bonds is 5. The van der Waals surface area contributed by atoms with Crippen LogP contribution in [0.2, 0.25) is 0 Å². The van der Waals surface area contributed by atoms with Crippen molar-refractivity contribution < 1.29 is 14.6 Å². The Kier molecular flexibility index (Phi) is 6.21. The zero-order valence-corrected chi connectivity index (χ0v) is 17.4. The minimum atomic E-state index is -0.759. The van der Waals surface area contributed by atoms with Crippen LogP contribution in [-0.2, 0) is 16.0 Å². The zero-order chi connectivity index (χ0) is 20.4. The number of amides is 1.